The number of fused-ring (bicyclic) bond motifs is 1. The van der Waals surface area contributed by atoms with Crippen molar-refractivity contribution in [2.75, 3.05) is 6.54 Å². The number of pyridine rings is 1. The highest BCUT2D eigenvalue weighted by Gasteiger charge is 2.11. The molecule has 21 heavy (non-hydrogen) atoms. The zero-order chi connectivity index (χ0) is 14.8. The third-order valence-corrected chi connectivity index (χ3v) is 3.73. The fourth-order valence-electron chi connectivity index (χ4n) is 2.43. The summed E-state index contributed by atoms with van der Waals surface area (Å²) in [5, 5.41) is 1.55. The lowest BCUT2D eigenvalue weighted by atomic mass is 10.0. The molecule has 0 saturated heterocycles. The second kappa shape index (κ2) is 5.80. The molecular weight excluding hydrogens is 287 g/mol. The van der Waals surface area contributed by atoms with Crippen LogP contribution in [-0.4, -0.2) is 11.5 Å². The normalized spacial score (nSPS) is 11.0. The number of benzene rings is 2. The van der Waals surface area contributed by atoms with Crippen molar-refractivity contribution in [3.63, 3.8) is 0 Å². The van der Waals surface area contributed by atoms with Gasteiger partial charge < -0.3 is 5.73 Å². The third-order valence-electron chi connectivity index (χ3n) is 3.40. The minimum absolute atomic E-state index is 0.279. The second-order valence-corrected chi connectivity index (χ2v) is 5.26. The van der Waals surface area contributed by atoms with Crippen molar-refractivity contribution in [1.29, 1.82) is 0 Å². The van der Waals surface area contributed by atoms with Crippen molar-refractivity contribution >= 4 is 22.5 Å². The molecule has 0 aliphatic heterocycles. The van der Waals surface area contributed by atoms with Crippen LogP contribution in [0.25, 0.3) is 22.2 Å². The Labute approximate surface area is 127 Å². The van der Waals surface area contributed by atoms with E-state index < -0.39 is 0 Å². The van der Waals surface area contributed by atoms with Crippen molar-refractivity contribution in [3.05, 3.63) is 64.9 Å². The van der Waals surface area contributed by atoms with E-state index in [9.17, 15) is 4.39 Å². The largest absolute Gasteiger partial charge is 0.330 e. The Kier molecular flexibility index (Phi) is 3.86. The van der Waals surface area contributed by atoms with Gasteiger partial charge in [0.1, 0.15) is 5.82 Å². The first-order chi connectivity index (χ1) is 10.2. The lowest BCUT2D eigenvalue weighted by Crippen LogP contribution is -2.05. The van der Waals surface area contributed by atoms with Gasteiger partial charge in [0.2, 0.25) is 0 Å². The summed E-state index contributed by atoms with van der Waals surface area (Å²) in [4.78, 5) is 4.66. The summed E-state index contributed by atoms with van der Waals surface area (Å²) in [6.07, 6.45) is 0.667. The van der Waals surface area contributed by atoms with Gasteiger partial charge in [-0.1, -0.05) is 29.8 Å². The average molecular weight is 301 g/mol. The predicted octanol–water partition coefficient (Wildman–Crippen LogP) is 4.20. The molecule has 1 heterocycles. The Morgan fingerprint density at radius 2 is 1.90 bits per heavy atom. The fourth-order valence-corrected chi connectivity index (χ4v) is 2.66. The number of hydrogen-bond acceptors (Lipinski definition) is 2. The zero-order valence-corrected chi connectivity index (χ0v) is 12.1. The van der Waals surface area contributed by atoms with Gasteiger partial charge in [-0.25, -0.2) is 9.37 Å². The van der Waals surface area contributed by atoms with Crippen molar-refractivity contribution in [2.24, 2.45) is 5.73 Å². The molecular formula is C17H14ClFN2. The molecule has 0 amide bonds. The number of nitrogens with two attached hydrogens (primary N) is 1. The molecule has 0 spiro atoms. The smallest absolute Gasteiger partial charge is 0.123 e. The van der Waals surface area contributed by atoms with E-state index >= 15 is 0 Å². The molecule has 1 aromatic heterocycles. The van der Waals surface area contributed by atoms with Gasteiger partial charge in [0.05, 0.1) is 11.2 Å². The van der Waals surface area contributed by atoms with E-state index in [2.05, 4.69) is 4.98 Å². The predicted molar refractivity (Wildman–Crippen MR) is 84.9 cm³/mol. The molecule has 3 aromatic rings. The van der Waals surface area contributed by atoms with Crippen molar-refractivity contribution in [1.82, 2.24) is 4.98 Å². The molecule has 0 radical (unpaired) electrons. The first kappa shape index (κ1) is 14.0. The monoisotopic (exact) mass is 300 g/mol. The van der Waals surface area contributed by atoms with Crippen LogP contribution in [0.5, 0.6) is 0 Å². The van der Waals surface area contributed by atoms with Gasteiger partial charge in [0.25, 0.3) is 0 Å². The van der Waals surface area contributed by atoms with Gasteiger partial charge in [0, 0.05) is 16.0 Å². The van der Waals surface area contributed by atoms with Crippen LogP contribution >= 0.6 is 11.6 Å². The first-order valence-electron chi connectivity index (χ1n) is 6.73. The molecule has 2 aromatic carbocycles. The summed E-state index contributed by atoms with van der Waals surface area (Å²) in [6, 6.07) is 14.0. The highest BCUT2D eigenvalue weighted by molar-refractivity contribution is 6.35. The van der Waals surface area contributed by atoms with E-state index in [0.29, 0.717) is 18.0 Å². The van der Waals surface area contributed by atoms with Crippen LogP contribution < -0.4 is 5.73 Å². The van der Waals surface area contributed by atoms with E-state index in [-0.39, 0.29) is 5.82 Å². The molecule has 0 bridgehead atoms. The molecule has 0 unspecified atom stereocenters. The van der Waals surface area contributed by atoms with Crippen LogP contribution in [-0.2, 0) is 6.42 Å². The van der Waals surface area contributed by atoms with Crippen molar-refractivity contribution in [2.45, 2.75) is 6.42 Å². The SMILES string of the molecule is NCCc1cc2c(Cl)cccc2nc1-c1cccc(F)c1. The van der Waals surface area contributed by atoms with E-state index in [1.807, 2.05) is 30.3 Å². The molecule has 0 atom stereocenters. The van der Waals surface area contributed by atoms with Crippen LogP contribution in [0, 0.1) is 5.82 Å². The molecule has 106 valence electrons. The van der Waals surface area contributed by atoms with Gasteiger partial charge in [-0.3, -0.25) is 0 Å². The molecule has 0 aliphatic carbocycles. The Morgan fingerprint density at radius 3 is 2.67 bits per heavy atom. The van der Waals surface area contributed by atoms with Crippen molar-refractivity contribution in [3.8, 4) is 11.3 Å². The lowest BCUT2D eigenvalue weighted by molar-refractivity contribution is 0.628. The second-order valence-electron chi connectivity index (χ2n) is 4.85. The average Bonchev–Trinajstić information content (AvgIpc) is 2.48. The van der Waals surface area contributed by atoms with Crippen LogP contribution in [0.15, 0.2) is 48.5 Å². The Bertz CT molecular complexity index is 802. The standard InChI is InChI=1S/C17H14ClFN2/c18-15-5-2-6-16-14(15)10-12(7-8-20)17(21-16)11-3-1-4-13(19)9-11/h1-6,9-10H,7-8,20H2. The zero-order valence-electron chi connectivity index (χ0n) is 11.3. The molecule has 0 fully saturated rings. The lowest BCUT2D eigenvalue weighted by Gasteiger charge is -2.11. The van der Waals surface area contributed by atoms with E-state index in [0.717, 1.165) is 27.7 Å². The van der Waals surface area contributed by atoms with Gasteiger partial charge in [-0.15, -0.1) is 0 Å². The van der Waals surface area contributed by atoms with Gasteiger partial charge >= 0.3 is 0 Å². The van der Waals surface area contributed by atoms with Gasteiger partial charge in [-0.2, -0.15) is 0 Å². The number of aromatic nitrogens is 1. The summed E-state index contributed by atoms with van der Waals surface area (Å²) >= 11 is 6.22. The topological polar surface area (TPSA) is 38.9 Å². The highest BCUT2D eigenvalue weighted by Crippen LogP contribution is 2.29. The Hall–Kier alpha value is -1.97. The van der Waals surface area contributed by atoms with E-state index in [1.165, 1.54) is 12.1 Å². The number of rotatable bonds is 3. The molecule has 4 heteroatoms. The van der Waals surface area contributed by atoms with Crippen LogP contribution in [0.2, 0.25) is 5.02 Å². The molecule has 0 saturated carbocycles. The number of nitrogens with zero attached hydrogens (tertiary/aromatic N) is 1. The minimum Gasteiger partial charge on any atom is -0.330 e. The van der Waals surface area contributed by atoms with Crippen LogP contribution in [0.4, 0.5) is 4.39 Å². The van der Waals surface area contributed by atoms with E-state index in [1.54, 1.807) is 6.07 Å². The fraction of sp³-hybridized carbons (Fsp3) is 0.118. The number of halogens is 2. The third kappa shape index (κ3) is 2.75. The minimum atomic E-state index is -0.279. The van der Waals surface area contributed by atoms with Gasteiger partial charge in [0.15, 0.2) is 0 Å². The molecule has 2 N–H and O–H groups in total. The van der Waals surface area contributed by atoms with Crippen LogP contribution in [0.3, 0.4) is 0 Å². The quantitative estimate of drug-likeness (QED) is 0.787. The summed E-state index contributed by atoms with van der Waals surface area (Å²) in [6.45, 7) is 0.500. The maximum Gasteiger partial charge on any atom is 0.123 e. The maximum atomic E-state index is 13.5. The summed E-state index contributed by atoms with van der Waals surface area (Å²) in [7, 11) is 0. The molecule has 0 aliphatic rings. The maximum absolute atomic E-state index is 13.5. The number of hydrogen-bond donors (Lipinski definition) is 1. The molecule has 3 rings (SSSR count). The molecule has 2 nitrogen and oxygen atoms in total. The van der Waals surface area contributed by atoms with Gasteiger partial charge in [-0.05, 0) is 48.9 Å². The van der Waals surface area contributed by atoms with E-state index in [4.69, 9.17) is 17.3 Å². The Morgan fingerprint density at radius 1 is 1.10 bits per heavy atom. The van der Waals surface area contributed by atoms with Crippen LogP contribution in [0.1, 0.15) is 5.56 Å². The summed E-state index contributed by atoms with van der Waals surface area (Å²) in [5.74, 6) is -0.279. The highest BCUT2D eigenvalue weighted by atomic mass is 35.5. The first-order valence-corrected chi connectivity index (χ1v) is 7.11. The Balaban J connectivity index is 2.27. The van der Waals surface area contributed by atoms with Crippen molar-refractivity contribution < 1.29 is 4.39 Å². The summed E-state index contributed by atoms with van der Waals surface area (Å²) in [5.41, 5.74) is 8.96. The summed E-state index contributed by atoms with van der Waals surface area (Å²) < 4.78 is 13.5.